The van der Waals surface area contributed by atoms with Crippen molar-refractivity contribution in [3.8, 4) is 0 Å². The molecule has 15 heavy (non-hydrogen) atoms. The Morgan fingerprint density at radius 3 is 1.67 bits per heavy atom. The van der Waals surface area contributed by atoms with Gasteiger partial charge in [0.2, 0.25) is 0 Å². The molecule has 1 aliphatic rings. The fourth-order valence-electron chi connectivity index (χ4n) is 1.97. The van der Waals surface area contributed by atoms with Crippen LogP contribution in [0.3, 0.4) is 0 Å². The van der Waals surface area contributed by atoms with E-state index in [0.29, 0.717) is 0 Å². The van der Waals surface area contributed by atoms with Crippen molar-refractivity contribution in [1.29, 1.82) is 0 Å². The lowest BCUT2D eigenvalue weighted by atomic mass is 10.1. The smallest absolute Gasteiger partial charge is 0.0110 e. The van der Waals surface area contributed by atoms with Crippen molar-refractivity contribution in [1.82, 2.24) is 5.32 Å². The Hall–Kier alpha value is -0.720. The van der Waals surface area contributed by atoms with E-state index in [1.54, 1.807) is 0 Å². The topological polar surface area (TPSA) is 12.0 Å². The highest BCUT2D eigenvalue weighted by Crippen LogP contribution is 2.18. The minimum atomic E-state index is 0.738. The van der Waals surface area contributed by atoms with E-state index >= 15 is 0 Å². The summed E-state index contributed by atoms with van der Waals surface area (Å²) < 4.78 is 0. The van der Waals surface area contributed by atoms with Gasteiger partial charge in [0, 0.05) is 11.4 Å². The predicted octanol–water partition coefficient (Wildman–Crippen LogP) is 4.23. The molecule has 0 aromatic heterocycles. The van der Waals surface area contributed by atoms with Crippen molar-refractivity contribution in [2.24, 2.45) is 11.8 Å². The van der Waals surface area contributed by atoms with Crippen LogP contribution in [0.1, 0.15) is 53.4 Å². The van der Waals surface area contributed by atoms with Gasteiger partial charge in [-0.25, -0.2) is 0 Å². The molecule has 0 unspecified atom stereocenters. The monoisotopic (exact) mass is 207 g/mol. The lowest BCUT2D eigenvalue weighted by molar-refractivity contribution is 0.586. The highest BCUT2D eigenvalue weighted by Gasteiger charge is 2.08. The Morgan fingerprint density at radius 2 is 1.33 bits per heavy atom. The molecule has 0 radical (unpaired) electrons. The van der Waals surface area contributed by atoms with Gasteiger partial charge in [0.25, 0.3) is 0 Å². The van der Waals surface area contributed by atoms with Gasteiger partial charge in [-0.2, -0.15) is 0 Å². The van der Waals surface area contributed by atoms with E-state index in [1.807, 2.05) is 0 Å². The van der Waals surface area contributed by atoms with E-state index in [-0.39, 0.29) is 0 Å². The van der Waals surface area contributed by atoms with Crippen LogP contribution in [0.2, 0.25) is 0 Å². The van der Waals surface area contributed by atoms with Gasteiger partial charge in [0.05, 0.1) is 0 Å². The van der Waals surface area contributed by atoms with E-state index in [2.05, 4.69) is 45.2 Å². The molecular formula is C14H25N. The Bertz CT molecular complexity index is 220. The normalized spacial score (nSPS) is 17.2. The third-order valence-electron chi connectivity index (χ3n) is 2.53. The van der Waals surface area contributed by atoms with Crippen LogP contribution < -0.4 is 5.32 Å². The Morgan fingerprint density at radius 1 is 0.933 bits per heavy atom. The average molecular weight is 207 g/mol. The Balaban J connectivity index is 2.55. The van der Waals surface area contributed by atoms with Crippen molar-refractivity contribution in [2.45, 2.75) is 53.4 Å². The molecule has 0 bridgehead atoms. The van der Waals surface area contributed by atoms with E-state index < -0.39 is 0 Å². The first-order valence-electron chi connectivity index (χ1n) is 6.23. The summed E-state index contributed by atoms with van der Waals surface area (Å²) in [5, 5.41) is 3.60. The van der Waals surface area contributed by atoms with Gasteiger partial charge >= 0.3 is 0 Å². The molecule has 0 aliphatic carbocycles. The van der Waals surface area contributed by atoms with E-state index in [4.69, 9.17) is 0 Å². The first-order chi connectivity index (χ1) is 7.08. The molecule has 1 N–H and O–H groups in total. The summed E-state index contributed by atoms with van der Waals surface area (Å²) in [4.78, 5) is 0. The van der Waals surface area contributed by atoms with Gasteiger partial charge in [0.1, 0.15) is 0 Å². The van der Waals surface area contributed by atoms with Gasteiger partial charge < -0.3 is 5.32 Å². The van der Waals surface area contributed by atoms with Crippen LogP contribution in [0, 0.1) is 11.8 Å². The second-order valence-corrected chi connectivity index (χ2v) is 5.36. The Labute approximate surface area is 94.6 Å². The quantitative estimate of drug-likeness (QED) is 0.727. The molecule has 1 aliphatic heterocycles. The molecule has 86 valence electrons. The van der Waals surface area contributed by atoms with Crippen LogP contribution in [-0.2, 0) is 0 Å². The molecule has 1 nitrogen and oxygen atoms in total. The third-order valence-corrected chi connectivity index (χ3v) is 2.53. The van der Waals surface area contributed by atoms with Gasteiger partial charge in [0.15, 0.2) is 0 Å². The van der Waals surface area contributed by atoms with Crippen molar-refractivity contribution in [3.05, 3.63) is 23.5 Å². The number of hydrogen-bond acceptors (Lipinski definition) is 1. The fraction of sp³-hybridized carbons (Fsp3) is 0.714. The number of allylic oxidation sites excluding steroid dienone is 4. The third kappa shape index (κ3) is 5.06. The lowest BCUT2D eigenvalue weighted by Gasteiger charge is -2.16. The predicted molar refractivity (Wildman–Crippen MR) is 67.4 cm³/mol. The van der Waals surface area contributed by atoms with Gasteiger partial charge in [-0.15, -0.1) is 0 Å². The minimum absolute atomic E-state index is 0.738. The van der Waals surface area contributed by atoms with E-state index in [1.165, 1.54) is 37.1 Å². The maximum absolute atomic E-state index is 3.60. The second-order valence-electron chi connectivity index (χ2n) is 5.36. The Kier molecular flexibility index (Phi) is 4.93. The van der Waals surface area contributed by atoms with E-state index in [0.717, 1.165) is 11.8 Å². The second kappa shape index (κ2) is 5.99. The molecule has 0 fully saturated rings. The lowest BCUT2D eigenvalue weighted by Crippen LogP contribution is -2.15. The SMILES string of the molecule is CC(C)CC1=CCCC=C(CC(C)C)N1. The van der Waals surface area contributed by atoms with Crippen LogP contribution in [0.15, 0.2) is 23.5 Å². The number of hydrogen-bond donors (Lipinski definition) is 1. The van der Waals surface area contributed by atoms with Crippen LogP contribution >= 0.6 is 0 Å². The van der Waals surface area contributed by atoms with Crippen molar-refractivity contribution >= 4 is 0 Å². The summed E-state index contributed by atoms with van der Waals surface area (Å²) in [5.74, 6) is 1.48. The zero-order valence-corrected chi connectivity index (χ0v) is 10.6. The molecule has 0 atom stereocenters. The standard InChI is InChI=1S/C14H25N/c1-11(2)9-13-7-5-6-8-14(15-13)10-12(3)4/h7-8,11-12,15H,5-6,9-10H2,1-4H3. The summed E-state index contributed by atoms with van der Waals surface area (Å²) in [6, 6.07) is 0. The molecule has 1 heterocycles. The molecule has 0 aromatic rings. The minimum Gasteiger partial charge on any atom is -0.363 e. The van der Waals surface area contributed by atoms with E-state index in [9.17, 15) is 0 Å². The maximum atomic E-state index is 3.60. The summed E-state index contributed by atoms with van der Waals surface area (Å²) >= 11 is 0. The van der Waals surface area contributed by atoms with Crippen LogP contribution in [0.4, 0.5) is 0 Å². The zero-order valence-electron chi connectivity index (χ0n) is 10.6. The maximum Gasteiger partial charge on any atom is 0.0110 e. The van der Waals surface area contributed by atoms with Crippen LogP contribution in [-0.4, -0.2) is 0 Å². The first kappa shape index (κ1) is 12.4. The molecule has 0 amide bonds. The summed E-state index contributed by atoms with van der Waals surface area (Å²) in [6.45, 7) is 9.11. The van der Waals surface area contributed by atoms with Gasteiger partial charge in [-0.1, -0.05) is 39.8 Å². The molecule has 0 saturated heterocycles. The van der Waals surface area contributed by atoms with Crippen molar-refractivity contribution in [2.75, 3.05) is 0 Å². The number of rotatable bonds is 4. The highest BCUT2D eigenvalue weighted by molar-refractivity contribution is 5.15. The summed E-state index contributed by atoms with van der Waals surface area (Å²) in [7, 11) is 0. The largest absolute Gasteiger partial charge is 0.363 e. The van der Waals surface area contributed by atoms with Crippen LogP contribution in [0.25, 0.3) is 0 Å². The molecule has 0 aromatic carbocycles. The van der Waals surface area contributed by atoms with Crippen molar-refractivity contribution in [3.63, 3.8) is 0 Å². The molecule has 1 heteroatoms. The first-order valence-corrected chi connectivity index (χ1v) is 6.23. The van der Waals surface area contributed by atoms with Gasteiger partial charge in [-0.05, 0) is 37.5 Å². The molecule has 1 rings (SSSR count). The van der Waals surface area contributed by atoms with Crippen molar-refractivity contribution < 1.29 is 0 Å². The summed E-state index contributed by atoms with van der Waals surface area (Å²) in [6.07, 6.45) is 9.46. The molecular weight excluding hydrogens is 182 g/mol. The van der Waals surface area contributed by atoms with Crippen LogP contribution in [0.5, 0.6) is 0 Å². The molecule has 0 spiro atoms. The highest BCUT2D eigenvalue weighted by atomic mass is 14.9. The zero-order chi connectivity index (χ0) is 11.3. The fourth-order valence-corrected chi connectivity index (χ4v) is 1.97. The number of nitrogens with one attached hydrogen (secondary N) is 1. The molecule has 0 saturated carbocycles. The van der Waals surface area contributed by atoms with Gasteiger partial charge in [-0.3, -0.25) is 0 Å². The average Bonchev–Trinajstić information content (AvgIpc) is 2.28. The summed E-state index contributed by atoms with van der Waals surface area (Å²) in [5.41, 5.74) is 2.85.